The van der Waals surface area contributed by atoms with Crippen LogP contribution in [0.15, 0.2) is 63.1 Å². The van der Waals surface area contributed by atoms with Crippen molar-refractivity contribution in [3.8, 4) is 17.1 Å². The molecule has 1 fully saturated rings. The monoisotopic (exact) mass is 554 g/mol. The van der Waals surface area contributed by atoms with Crippen molar-refractivity contribution in [1.29, 1.82) is 0 Å². The molecule has 5 rings (SSSR count). The smallest absolute Gasteiger partial charge is 0.331 e. The van der Waals surface area contributed by atoms with Gasteiger partial charge in [-0.1, -0.05) is 18.2 Å². The number of pyridine rings is 1. The number of hydrogen-bond donors (Lipinski definition) is 2. The third kappa shape index (κ3) is 5.66. The van der Waals surface area contributed by atoms with E-state index in [0.29, 0.717) is 60.0 Å². The summed E-state index contributed by atoms with van der Waals surface area (Å²) in [5, 5.41) is 0. The Hall–Kier alpha value is -3.78. The molecule has 4 heterocycles. The van der Waals surface area contributed by atoms with Crippen LogP contribution in [0.1, 0.15) is 5.56 Å². The van der Waals surface area contributed by atoms with Gasteiger partial charge in [0.1, 0.15) is 5.52 Å². The summed E-state index contributed by atoms with van der Waals surface area (Å²) in [5.74, 6) is 0.445. The Morgan fingerprint density at radius 3 is 2.49 bits per heavy atom. The summed E-state index contributed by atoms with van der Waals surface area (Å²) in [4.78, 5) is 35.3. The zero-order valence-electron chi connectivity index (χ0n) is 21.7. The number of aromatic amines is 1. The quantitative estimate of drug-likeness (QED) is 0.311. The number of morpholine rings is 1. The largest absolute Gasteiger partial charge is 0.481 e. The molecule has 0 bridgehead atoms. The number of hydrogen-bond acceptors (Lipinski definition) is 8. The third-order valence-corrected chi connectivity index (χ3v) is 8.23. The van der Waals surface area contributed by atoms with Gasteiger partial charge in [-0.05, 0) is 29.3 Å². The topological polar surface area (TPSA) is 141 Å². The molecule has 0 atom stereocenters. The summed E-state index contributed by atoms with van der Waals surface area (Å²) in [6, 6.07) is 11.5. The van der Waals surface area contributed by atoms with Gasteiger partial charge in [-0.2, -0.15) is 0 Å². The molecular weight excluding hydrogens is 524 g/mol. The number of rotatable bonds is 9. The van der Waals surface area contributed by atoms with Crippen molar-refractivity contribution >= 4 is 21.1 Å². The van der Waals surface area contributed by atoms with Crippen molar-refractivity contribution in [3.63, 3.8) is 0 Å². The Morgan fingerprint density at radius 2 is 1.82 bits per heavy atom. The van der Waals surface area contributed by atoms with Gasteiger partial charge >= 0.3 is 5.69 Å². The van der Waals surface area contributed by atoms with Gasteiger partial charge in [-0.15, -0.1) is 0 Å². The van der Waals surface area contributed by atoms with Crippen molar-refractivity contribution < 1.29 is 17.9 Å². The van der Waals surface area contributed by atoms with Crippen LogP contribution >= 0.6 is 0 Å². The van der Waals surface area contributed by atoms with Crippen LogP contribution in [-0.4, -0.2) is 72.4 Å². The summed E-state index contributed by atoms with van der Waals surface area (Å²) >= 11 is 0. The molecule has 4 aromatic rings. The van der Waals surface area contributed by atoms with Crippen LogP contribution in [0.4, 0.5) is 0 Å². The minimum Gasteiger partial charge on any atom is -0.481 e. The first-order valence-corrected chi connectivity index (χ1v) is 14.0. The van der Waals surface area contributed by atoms with E-state index in [-0.39, 0.29) is 17.1 Å². The number of methoxy groups -OCH3 is 1. The predicted octanol–water partition coefficient (Wildman–Crippen LogP) is 0.910. The van der Waals surface area contributed by atoms with Crippen LogP contribution in [0.2, 0.25) is 0 Å². The number of benzene rings is 1. The molecule has 0 aliphatic carbocycles. The number of ether oxygens (including phenoxy) is 2. The second-order valence-electron chi connectivity index (χ2n) is 9.25. The second-order valence-corrected chi connectivity index (χ2v) is 11.0. The molecule has 206 valence electrons. The molecule has 0 saturated carbocycles. The van der Waals surface area contributed by atoms with Gasteiger partial charge in [0.15, 0.2) is 0 Å². The number of sulfonamides is 1. The van der Waals surface area contributed by atoms with Crippen molar-refractivity contribution in [1.82, 2.24) is 28.7 Å². The maximum absolute atomic E-state index is 13.0. The molecule has 1 aromatic carbocycles. The highest BCUT2D eigenvalue weighted by atomic mass is 32.2. The Kier molecular flexibility index (Phi) is 7.66. The van der Waals surface area contributed by atoms with Crippen LogP contribution < -0.4 is 20.7 Å². The lowest BCUT2D eigenvalue weighted by atomic mass is 10.1. The van der Waals surface area contributed by atoms with E-state index in [1.165, 1.54) is 26.3 Å². The lowest BCUT2D eigenvalue weighted by molar-refractivity contribution is 0.0363. The fourth-order valence-corrected chi connectivity index (χ4v) is 5.53. The van der Waals surface area contributed by atoms with E-state index in [9.17, 15) is 18.0 Å². The van der Waals surface area contributed by atoms with E-state index in [1.807, 2.05) is 0 Å². The molecular formula is C26H30N6O6S. The van der Waals surface area contributed by atoms with Crippen LogP contribution in [0, 0.1) is 0 Å². The zero-order chi connectivity index (χ0) is 27.6. The molecule has 1 saturated heterocycles. The zero-order valence-corrected chi connectivity index (χ0v) is 22.5. The van der Waals surface area contributed by atoms with Gasteiger partial charge in [0.2, 0.25) is 15.9 Å². The second kappa shape index (κ2) is 11.1. The molecule has 2 N–H and O–H groups in total. The fourth-order valence-electron chi connectivity index (χ4n) is 4.51. The summed E-state index contributed by atoms with van der Waals surface area (Å²) in [6.45, 7) is 4.06. The summed E-state index contributed by atoms with van der Waals surface area (Å²) in [7, 11) is -0.800. The first-order chi connectivity index (χ1) is 18.8. The predicted molar refractivity (Wildman–Crippen MR) is 145 cm³/mol. The molecule has 1 aliphatic rings. The van der Waals surface area contributed by atoms with Gasteiger partial charge in [0.25, 0.3) is 5.56 Å². The number of nitrogens with zero attached hydrogens (tertiary/aromatic N) is 4. The normalized spacial score (nSPS) is 14.6. The molecule has 0 radical (unpaired) electrons. The molecule has 0 unspecified atom stereocenters. The first kappa shape index (κ1) is 26.8. The lowest BCUT2D eigenvalue weighted by Gasteiger charge is -2.26. The van der Waals surface area contributed by atoms with E-state index in [2.05, 4.69) is 19.6 Å². The van der Waals surface area contributed by atoms with Crippen LogP contribution in [0.3, 0.4) is 0 Å². The van der Waals surface area contributed by atoms with Gasteiger partial charge in [0.05, 0.1) is 30.7 Å². The highest BCUT2D eigenvalue weighted by Gasteiger charge is 2.18. The lowest BCUT2D eigenvalue weighted by Crippen LogP contribution is -2.42. The number of H-pyrrole nitrogens is 1. The molecule has 13 heteroatoms. The highest BCUT2D eigenvalue weighted by molar-refractivity contribution is 7.89. The fraction of sp³-hybridized carbons (Fsp3) is 0.346. The number of fused-ring (bicyclic) bond motifs is 1. The average molecular weight is 555 g/mol. The maximum atomic E-state index is 13.0. The van der Waals surface area contributed by atoms with Crippen LogP contribution in [-0.2, 0) is 34.9 Å². The van der Waals surface area contributed by atoms with Crippen molar-refractivity contribution in [2.75, 3.05) is 40.0 Å². The Labute approximate surface area is 224 Å². The minimum atomic E-state index is -3.77. The molecule has 12 nitrogen and oxygen atoms in total. The van der Waals surface area contributed by atoms with E-state index in [0.717, 1.165) is 17.7 Å². The van der Waals surface area contributed by atoms with E-state index in [1.54, 1.807) is 41.1 Å². The summed E-state index contributed by atoms with van der Waals surface area (Å²) in [5.41, 5.74) is 2.01. The van der Waals surface area contributed by atoms with Gasteiger partial charge in [-0.25, -0.2) is 22.9 Å². The average Bonchev–Trinajstić information content (AvgIpc) is 3.41. The molecule has 3 aromatic heterocycles. The van der Waals surface area contributed by atoms with E-state index >= 15 is 0 Å². The number of aromatic nitrogens is 4. The minimum absolute atomic E-state index is 0.0778. The van der Waals surface area contributed by atoms with Crippen molar-refractivity contribution in [2.24, 2.45) is 7.05 Å². The van der Waals surface area contributed by atoms with Gasteiger partial charge < -0.3 is 14.5 Å². The van der Waals surface area contributed by atoms with Crippen LogP contribution in [0.5, 0.6) is 5.88 Å². The standard InChI is InChI=1S/C26H30N6O6S/c1-30-25(33)24-22(32(26(30)34)10-9-31-11-13-38-14-12-31)15-21(29-24)19-4-6-20(7-5-19)39(35,36)28-17-18-3-8-23(37-2)27-16-18/h3-8,15-16,28-29H,9-14,17H2,1-2H3. The molecule has 0 spiro atoms. The van der Waals surface area contributed by atoms with Crippen LogP contribution in [0.25, 0.3) is 22.3 Å². The SMILES string of the molecule is COc1ccc(CNS(=O)(=O)c2ccc(-c3cc4c([nH]3)c(=O)n(C)c(=O)n4CCN3CCOCC3)cc2)cn1. The Bertz CT molecular complexity index is 1680. The number of nitrogens with one attached hydrogen (secondary N) is 2. The maximum Gasteiger partial charge on any atom is 0.331 e. The van der Waals surface area contributed by atoms with Gasteiger partial charge in [-0.3, -0.25) is 18.8 Å². The van der Waals surface area contributed by atoms with Crippen molar-refractivity contribution in [2.45, 2.75) is 18.0 Å². The highest BCUT2D eigenvalue weighted by Crippen LogP contribution is 2.24. The first-order valence-electron chi connectivity index (χ1n) is 12.5. The van der Waals surface area contributed by atoms with Gasteiger partial charge in [0, 0.05) is 57.7 Å². The summed E-state index contributed by atoms with van der Waals surface area (Å²) < 4.78 is 41.3. The van der Waals surface area contributed by atoms with E-state index < -0.39 is 15.6 Å². The summed E-state index contributed by atoms with van der Waals surface area (Å²) in [6.07, 6.45) is 1.55. The van der Waals surface area contributed by atoms with Crippen molar-refractivity contribution in [3.05, 3.63) is 75.1 Å². The molecule has 1 aliphatic heterocycles. The Morgan fingerprint density at radius 1 is 1.08 bits per heavy atom. The Balaban J connectivity index is 1.37. The molecule has 39 heavy (non-hydrogen) atoms. The molecule has 0 amide bonds. The third-order valence-electron chi connectivity index (χ3n) is 6.82. The van der Waals surface area contributed by atoms with E-state index in [4.69, 9.17) is 9.47 Å².